The Morgan fingerprint density at radius 1 is 1.22 bits per heavy atom. The molecule has 0 aliphatic carbocycles. The molecule has 0 aliphatic heterocycles. The molecule has 0 saturated carbocycles. The quantitative estimate of drug-likeness (QED) is 0.503. The third kappa shape index (κ3) is 3.76. The largest absolute Gasteiger partial charge is 0.443 e. The van der Waals surface area contributed by atoms with Crippen LogP contribution in [0.5, 0.6) is 0 Å². The lowest BCUT2D eigenvalue weighted by Crippen LogP contribution is -2.05. The fraction of sp³-hybridized carbons (Fsp3) is 0.238. The van der Waals surface area contributed by atoms with Gasteiger partial charge in [-0.1, -0.05) is 23.7 Å². The van der Waals surface area contributed by atoms with Crippen molar-refractivity contribution in [1.29, 1.82) is 5.26 Å². The van der Waals surface area contributed by atoms with Gasteiger partial charge in [-0.2, -0.15) is 10.4 Å². The van der Waals surface area contributed by atoms with Gasteiger partial charge in [-0.05, 0) is 51.5 Å². The molecule has 5 nitrogen and oxygen atoms in total. The highest BCUT2D eigenvalue weighted by molar-refractivity contribution is 6.30. The summed E-state index contributed by atoms with van der Waals surface area (Å²) in [7, 11) is 0. The smallest absolute Gasteiger partial charge is 0.222 e. The van der Waals surface area contributed by atoms with E-state index in [9.17, 15) is 5.26 Å². The number of halogens is 1. The minimum atomic E-state index is 0.566. The number of hydrogen-bond donors (Lipinski definition) is 1. The molecule has 0 amide bonds. The molecule has 3 aromatic rings. The Labute approximate surface area is 163 Å². The second-order valence-electron chi connectivity index (χ2n) is 6.46. The van der Waals surface area contributed by atoms with Crippen molar-refractivity contribution < 1.29 is 4.42 Å². The molecule has 0 radical (unpaired) electrons. The highest BCUT2D eigenvalue weighted by Crippen LogP contribution is 2.28. The maximum absolute atomic E-state index is 9.49. The van der Waals surface area contributed by atoms with Gasteiger partial charge in [0.25, 0.3) is 0 Å². The lowest BCUT2D eigenvalue weighted by molar-refractivity contribution is 0.503. The maximum Gasteiger partial charge on any atom is 0.222 e. The van der Waals surface area contributed by atoms with Gasteiger partial charge in [0.15, 0.2) is 0 Å². The van der Waals surface area contributed by atoms with Crippen LogP contribution in [0.3, 0.4) is 0 Å². The van der Waals surface area contributed by atoms with E-state index in [1.54, 1.807) is 6.21 Å². The SMILES string of the molecule is Cc1oc(-n2c(C)cc(/C=N\NCc3ccc(Cl)cc3)c2C)c(C#N)c1C. The summed E-state index contributed by atoms with van der Waals surface area (Å²) in [5.41, 5.74) is 8.50. The molecule has 0 unspecified atom stereocenters. The van der Waals surface area contributed by atoms with Gasteiger partial charge in [0.1, 0.15) is 17.4 Å². The first-order chi connectivity index (χ1) is 12.9. The van der Waals surface area contributed by atoms with E-state index in [0.717, 1.165) is 38.9 Å². The maximum atomic E-state index is 9.49. The zero-order valence-electron chi connectivity index (χ0n) is 15.8. The molecule has 1 N–H and O–H groups in total. The Hall–Kier alpha value is -2.97. The molecule has 0 saturated heterocycles. The molecule has 138 valence electrons. The standard InChI is InChI=1S/C21H21ClN4O/c1-13-9-18(12-25-24-11-17-5-7-19(22)8-6-17)15(3)26(13)21-20(10-23)14(2)16(4)27-21/h5-9,12,24H,11H2,1-4H3/b25-12-. The lowest BCUT2D eigenvalue weighted by atomic mass is 10.2. The lowest BCUT2D eigenvalue weighted by Gasteiger charge is -2.06. The first-order valence-electron chi connectivity index (χ1n) is 8.62. The van der Waals surface area contributed by atoms with Crippen molar-refractivity contribution in [1.82, 2.24) is 9.99 Å². The number of hydrazone groups is 1. The van der Waals surface area contributed by atoms with E-state index in [1.165, 1.54) is 0 Å². The Kier molecular flexibility index (Phi) is 5.38. The third-order valence-corrected chi connectivity index (χ3v) is 4.90. The van der Waals surface area contributed by atoms with Crippen LogP contribution >= 0.6 is 11.6 Å². The fourth-order valence-corrected chi connectivity index (χ4v) is 3.11. The van der Waals surface area contributed by atoms with Crippen LogP contribution in [0.25, 0.3) is 5.88 Å². The first-order valence-corrected chi connectivity index (χ1v) is 9.00. The summed E-state index contributed by atoms with van der Waals surface area (Å²) in [5.74, 6) is 1.32. The Morgan fingerprint density at radius 3 is 2.59 bits per heavy atom. The van der Waals surface area contributed by atoms with Crippen LogP contribution < -0.4 is 5.43 Å². The molecule has 0 fully saturated rings. The van der Waals surface area contributed by atoms with Gasteiger partial charge in [-0.25, -0.2) is 0 Å². The van der Waals surface area contributed by atoms with Gasteiger partial charge < -0.3 is 9.84 Å². The van der Waals surface area contributed by atoms with Gasteiger partial charge in [-0.3, -0.25) is 4.57 Å². The van der Waals surface area contributed by atoms with Crippen LogP contribution in [-0.2, 0) is 6.54 Å². The molecule has 0 bridgehead atoms. The van der Waals surface area contributed by atoms with E-state index in [4.69, 9.17) is 16.0 Å². The van der Waals surface area contributed by atoms with Gasteiger partial charge in [-0.15, -0.1) is 0 Å². The molecule has 1 aromatic carbocycles. The number of aromatic nitrogens is 1. The number of furan rings is 1. The zero-order valence-corrected chi connectivity index (χ0v) is 16.6. The molecule has 2 aromatic heterocycles. The van der Waals surface area contributed by atoms with Gasteiger partial charge in [0.05, 0.1) is 12.8 Å². The molecule has 0 spiro atoms. The molecule has 27 heavy (non-hydrogen) atoms. The normalized spacial score (nSPS) is 11.1. The van der Waals surface area contributed by atoms with E-state index >= 15 is 0 Å². The Balaban J connectivity index is 1.81. The topological polar surface area (TPSA) is 66.2 Å². The minimum Gasteiger partial charge on any atom is -0.443 e. The number of benzene rings is 1. The fourth-order valence-electron chi connectivity index (χ4n) is 2.98. The van der Waals surface area contributed by atoms with Crippen LogP contribution in [-0.4, -0.2) is 10.8 Å². The van der Waals surface area contributed by atoms with Crippen LogP contribution in [0, 0.1) is 39.0 Å². The van der Waals surface area contributed by atoms with E-state index in [0.29, 0.717) is 18.0 Å². The number of rotatable bonds is 5. The predicted octanol–water partition coefficient (Wildman–Crippen LogP) is 4.95. The van der Waals surface area contributed by atoms with Crippen molar-refractivity contribution in [2.45, 2.75) is 34.2 Å². The molecule has 3 rings (SSSR count). The summed E-state index contributed by atoms with van der Waals surface area (Å²) in [4.78, 5) is 0. The van der Waals surface area contributed by atoms with Crippen LogP contribution in [0.2, 0.25) is 5.02 Å². The van der Waals surface area contributed by atoms with E-state index in [1.807, 2.05) is 62.6 Å². The summed E-state index contributed by atoms with van der Waals surface area (Å²) in [6.07, 6.45) is 1.78. The predicted molar refractivity (Wildman–Crippen MR) is 108 cm³/mol. The van der Waals surface area contributed by atoms with Crippen LogP contribution in [0.1, 0.15) is 39.4 Å². The van der Waals surface area contributed by atoms with E-state index < -0.39 is 0 Å². The second-order valence-corrected chi connectivity index (χ2v) is 6.89. The highest BCUT2D eigenvalue weighted by atomic mass is 35.5. The zero-order chi connectivity index (χ0) is 19.6. The summed E-state index contributed by atoms with van der Waals surface area (Å²) in [6.45, 7) is 8.36. The molecular weight excluding hydrogens is 360 g/mol. The van der Waals surface area contributed by atoms with Crippen molar-refractivity contribution in [3.63, 3.8) is 0 Å². The average Bonchev–Trinajstić information content (AvgIpc) is 3.08. The number of nitrogens with zero attached hydrogens (tertiary/aromatic N) is 3. The summed E-state index contributed by atoms with van der Waals surface area (Å²) in [5, 5.41) is 14.5. The molecule has 2 heterocycles. The van der Waals surface area contributed by atoms with Crippen molar-refractivity contribution >= 4 is 17.8 Å². The third-order valence-electron chi connectivity index (χ3n) is 4.64. The number of hydrogen-bond acceptors (Lipinski definition) is 4. The van der Waals surface area contributed by atoms with Crippen LogP contribution in [0.4, 0.5) is 0 Å². The Bertz CT molecular complexity index is 1040. The minimum absolute atomic E-state index is 0.566. The van der Waals surface area contributed by atoms with E-state index in [-0.39, 0.29) is 0 Å². The van der Waals surface area contributed by atoms with Crippen molar-refractivity contribution in [3.8, 4) is 12.0 Å². The second kappa shape index (κ2) is 7.73. The monoisotopic (exact) mass is 380 g/mol. The Morgan fingerprint density at radius 2 is 1.93 bits per heavy atom. The number of nitriles is 1. The molecule has 0 atom stereocenters. The van der Waals surface area contributed by atoms with Gasteiger partial charge >= 0.3 is 0 Å². The average molecular weight is 381 g/mol. The summed E-state index contributed by atoms with van der Waals surface area (Å²) >= 11 is 5.89. The van der Waals surface area contributed by atoms with E-state index in [2.05, 4.69) is 16.6 Å². The first kappa shape index (κ1) is 18.8. The van der Waals surface area contributed by atoms with Crippen molar-refractivity contribution in [2.75, 3.05) is 0 Å². The highest BCUT2D eigenvalue weighted by Gasteiger charge is 2.20. The summed E-state index contributed by atoms with van der Waals surface area (Å²) in [6, 6.07) is 11.9. The van der Waals surface area contributed by atoms with Crippen molar-refractivity contribution in [2.24, 2.45) is 5.10 Å². The molecular formula is C21H21ClN4O. The molecule has 6 heteroatoms. The van der Waals surface area contributed by atoms with Gasteiger partial charge in [0, 0.05) is 27.5 Å². The molecule has 0 aliphatic rings. The number of aryl methyl sites for hydroxylation is 2. The van der Waals surface area contributed by atoms with Gasteiger partial charge in [0.2, 0.25) is 5.88 Å². The van der Waals surface area contributed by atoms with Crippen molar-refractivity contribution in [3.05, 3.63) is 74.8 Å². The van der Waals surface area contributed by atoms with Crippen LogP contribution in [0.15, 0.2) is 39.9 Å². The summed E-state index contributed by atoms with van der Waals surface area (Å²) < 4.78 is 7.82. The number of nitrogens with one attached hydrogen (secondary N) is 1.